The van der Waals surface area contributed by atoms with Crippen molar-refractivity contribution in [1.29, 1.82) is 0 Å². The van der Waals surface area contributed by atoms with Crippen LogP contribution in [0.5, 0.6) is 0 Å². The average molecular weight is 445 g/mol. The first-order valence-corrected chi connectivity index (χ1v) is 11.9. The number of pyridine rings is 1. The molecule has 3 heterocycles. The molecule has 1 unspecified atom stereocenters. The standard InChI is InChI=1S/C27H32N4O2/c1-27(2,3)33-26(32)30-15-8-11-21(18-30)31-16-14-19-17-28-25(29-20-9-5-4-6-10-20)22-12-7-13-23(31)24(19)22/h4-7,9-10,12-13,17,21H,8,11,14-16,18H2,1-3H3,(H,28,29). The number of hydrogen-bond acceptors (Lipinski definition) is 5. The molecule has 2 aliphatic rings. The molecule has 33 heavy (non-hydrogen) atoms. The lowest BCUT2D eigenvalue weighted by Gasteiger charge is -2.43. The van der Waals surface area contributed by atoms with Crippen molar-refractivity contribution in [3.8, 4) is 0 Å². The van der Waals surface area contributed by atoms with Gasteiger partial charge in [0.2, 0.25) is 0 Å². The van der Waals surface area contributed by atoms with E-state index in [-0.39, 0.29) is 12.1 Å². The maximum atomic E-state index is 12.7. The second-order valence-corrected chi connectivity index (χ2v) is 9.99. The molecule has 6 nitrogen and oxygen atoms in total. The zero-order valence-corrected chi connectivity index (χ0v) is 19.7. The van der Waals surface area contributed by atoms with Gasteiger partial charge in [0.1, 0.15) is 11.4 Å². The van der Waals surface area contributed by atoms with Gasteiger partial charge in [-0.05, 0) is 63.8 Å². The third kappa shape index (κ3) is 4.47. The first-order valence-electron chi connectivity index (χ1n) is 11.9. The lowest BCUT2D eigenvalue weighted by atomic mass is 9.94. The molecule has 0 bridgehead atoms. The number of rotatable bonds is 3. The van der Waals surface area contributed by atoms with Crippen LogP contribution >= 0.6 is 0 Å². The summed E-state index contributed by atoms with van der Waals surface area (Å²) < 4.78 is 5.65. The van der Waals surface area contributed by atoms with E-state index in [1.165, 1.54) is 16.6 Å². The van der Waals surface area contributed by atoms with E-state index in [0.717, 1.165) is 49.2 Å². The van der Waals surface area contributed by atoms with Gasteiger partial charge in [-0.25, -0.2) is 9.78 Å². The summed E-state index contributed by atoms with van der Waals surface area (Å²) in [6.07, 6.45) is 4.82. The van der Waals surface area contributed by atoms with Crippen molar-refractivity contribution in [2.45, 2.75) is 51.7 Å². The lowest BCUT2D eigenvalue weighted by Crippen LogP contribution is -2.52. The number of para-hydroxylation sites is 1. The predicted octanol–water partition coefficient (Wildman–Crippen LogP) is 5.74. The largest absolute Gasteiger partial charge is 0.444 e. The van der Waals surface area contributed by atoms with Crippen molar-refractivity contribution < 1.29 is 9.53 Å². The topological polar surface area (TPSA) is 57.7 Å². The minimum atomic E-state index is -0.477. The third-order valence-corrected chi connectivity index (χ3v) is 6.43. The second-order valence-electron chi connectivity index (χ2n) is 9.99. The Morgan fingerprint density at radius 2 is 1.91 bits per heavy atom. The second kappa shape index (κ2) is 8.58. The Kier molecular flexibility index (Phi) is 5.60. The zero-order chi connectivity index (χ0) is 23.0. The van der Waals surface area contributed by atoms with Crippen molar-refractivity contribution in [3.05, 3.63) is 60.3 Å². The van der Waals surface area contributed by atoms with Crippen LogP contribution in [0.1, 0.15) is 39.2 Å². The molecule has 1 fully saturated rings. The van der Waals surface area contributed by atoms with Gasteiger partial charge >= 0.3 is 6.09 Å². The van der Waals surface area contributed by atoms with Gasteiger partial charge < -0.3 is 19.9 Å². The third-order valence-electron chi connectivity index (χ3n) is 6.43. The Hall–Kier alpha value is -3.28. The van der Waals surface area contributed by atoms with Crippen LogP contribution in [-0.4, -0.2) is 47.3 Å². The van der Waals surface area contributed by atoms with Crippen LogP contribution in [-0.2, 0) is 11.2 Å². The molecule has 1 aromatic heterocycles. The molecule has 0 spiro atoms. The smallest absolute Gasteiger partial charge is 0.410 e. The first kappa shape index (κ1) is 21.6. The summed E-state index contributed by atoms with van der Waals surface area (Å²) in [5.74, 6) is 0.877. The highest BCUT2D eigenvalue weighted by Crippen LogP contribution is 2.39. The average Bonchev–Trinajstić information content (AvgIpc) is 2.81. The quantitative estimate of drug-likeness (QED) is 0.558. The number of carbonyl (C=O) groups excluding carboxylic acids is 1. The van der Waals surface area contributed by atoms with Crippen LogP contribution in [0.15, 0.2) is 54.7 Å². The van der Waals surface area contributed by atoms with Gasteiger partial charge in [0.15, 0.2) is 0 Å². The van der Waals surface area contributed by atoms with Crippen molar-refractivity contribution in [2.24, 2.45) is 0 Å². The van der Waals surface area contributed by atoms with Gasteiger partial charge in [0.05, 0.1) is 0 Å². The highest BCUT2D eigenvalue weighted by molar-refractivity contribution is 6.04. The number of aromatic nitrogens is 1. The van der Waals surface area contributed by atoms with E-state index >= 15 is 0 Å². The van der Waals surface area contributed by atoms with Gasteiger partial charge in [0, 0.05) is 54.0 Å². The number of ether oxygens (including phenoxy) is 1. The summed E-state index contributed by atoms with van der Waals surface area (Å²) in [6, 6.07) is 16.9. The minimum Gasteiger partial charge on any atom is -0.444 e. The summed E-state index contributed by atoms with van der Waals surface area (Å²) in [4.78, 5) is 21.9. The molecule has 6 heteroatoms. The lowest BCUT2D eigenvalue weighted by molar-refractivity contribution is 0.0198. The molecule has 1 N–H and O–H groups in total. The molecule has 172 valence electrons. The monoisotopic (exact) mass is 444 g/mol. The van der Waals surface area contributed by atoms with Crippen molar-refractivity contribution in [1.82, 2.24) is 9.88 Å². The van der Waals surface area contributed by atoms with E-state index in [1.807, 2.05) is 50.1 Å². The Morgan fingerprint density at radius 3 is 2.70 bits per heavy atom. The molecule has 3 aromatic rings. The van der Waals surface area contributed by atoms with Crippen molar-refractivity contribution in [2.75, 3.05) is 29.9 Å². The van der Waals surface area contributed by atoms with Crippen LogP contribution in [0.3, 0.4) is 0 Å². The molecule has 2 aliphatic heterocycles. The summed E-state index contributed by atoms with van der Waals surface area (Å²) in [6.45, 7) is 8.15. The van der Waals surface area contributed by atoms with Crippen LogP contribution in [0, 0.1) is 0 Å². The summed E-state index contributed by atoms with van der Waals surface area (Å²) in [5, 5.41) is 5.90. The fraction of sp³-hybridized carbons (Fsp3) is 0.407. The number of anilines is 3. The first-order chi connectivity index (χ1) is 15.9. The van der Waals surface area contributed by atoms with Crippen LogP contribution < -0.4 is 10.2 Å². The molecule has 5 rings (SSSR count). The number of carbonyl (C=O) groups is 1. The van der Waals surface area contributed by atoms with Crippen molar-refractivity contribution in [3.63, 3.8) is 0 Å². The fourth-order valence-electron chi connectivity index (χ4n) is 4.98. The molecule has 1 amide bonds. The fourth-order valence-corrected chi connectivity index (χ4v) is 4.98. The number of likely N-dealkylation sites (tertiary alicyclic amines) is 1. The Labute approximate surface area is 195 Å². The number of hydrogen-bond donors (Lipinski definition) is 1. The van der Waals surface area contributed by atoms with E-state index in [1.54, 1.807) is 0 Å². The highest BCUT2D eigenvalue weighted by Gasteiger charge is 2.33. The Bertz CT molecular complexity index is 1160. The van der Waals surface area contributed by atoms with E-state index < -0.39 is 5.60 Å². The minimum absolute atomic E-state index is 0.207. The number of amides is 1. The molecular formula is C27H32N4O2. The van der Waals surface area contributed by atoms with Gasteiger partial charge in [-0.15, -0.1) is 0 Å². The molecule has 1 atom stereocenters. The van der Waals surface area contributed by atoms with Gasteiger partial charge in [-0.1, -0.05) is 30.3 Å². The maximum Gasteiger partial charge on any atom is 0.410 e. The van der Waals surface area contributed by atoms with E-state index in [2.05, 4.69) is 40.5 Å². The highest BCUT2D eigenvalue weighted by atomic mass is 16.6. The number of benzene rings is 2. The maximum absolute atomic E-state index is 12.7. The molecule has 0 saturated carbocycles. The molecule has 0 aliphatic carbocycles. The molecule has 1 saturated heterocycles. The summed E-state index contributed by atoms with van der Waals surface area (Å²) in [5.41, 5.74) is 3.08. The predicted molar refractivity (Wildman–Crippen MR) is 133 cm³/mol. The van der Waals surface area contributed by atoms with Crippen LogP contribution in [0.25, 0.3) is 10.8 Å². The molecule has 2 aromatic carbocycles. The normalized spacial score (nSPS) is 18.3. The van der Waals surface area contributed by atoms with Crippen molar-refractivity contribution >= 4 is 34.1 Å². The molecular weight excluding hydrogens is 412 g/mol. The SMILES string of the molecule is CC(C)(C)OC(=O)N1CCCC(N2CCc3cnc(Nc4ccccc4)c4cccc2c34)C1. The number of nitrogens with zero attached hydrogens (tertiary/aromatic N) is 3. The summed E-state index contributed by atoms with van der Waals surface area (Å²) in [7, 11) is 0. The van der Waals surface area contributed by atoms with E-state index in [0.29, 0.717) is 6.54 Å². The van der Waals surface area contributed by atoms with Gasteiger partial charge in [0.25, 0.3) is 0 Å². The Balaban J connectivity index is 1.44. The number of piperidine rings is 1. The van der Waals surface area contributed by atoms with E-state index in [9.17, 15) is 4.79 Å². The van der Waals surface area contributed by atoms with E-state index in [4.69, 9.17) is 9.72 Å². The summed E-state index contributed by atoms with van der Waals surface area (Å²) >= 11 is 0. The van der Waals surface area contributed by atoms with Gasteiger partial charge in [-0.2, -0.15) is 0 Å². The Morgan fingerprint density at radius 1 is 1.09 bits per heavy atom. The van der Waals surface area contributed by atoms with Crippen LogP contribution in [0.2, 0.25) is 0 Å². The van der Waals surface area contributed by atoms with Crippen LogP contribution in [0.4, 0.5) is 22.0 Å². The van der Waals surface area contributed by atoms with Gasteiger partial charge in [-0.3, -0.25) is 0 Å². The zero-order valence-electron chi connectivity index (χ0n) is 19.7. The molecule has 0 radical (unpaired) electrons. The number of nitrogens with one attached hydrogen (secondary N) is 1.